The van der Waals surface area contributed by atoms with Gasteiger partial charge in [-0.1, -0.05) is 66.2 Å². The Morgan fingerprint density at radius 1 is 0.903 bits per heavy atom. The first-order valence-corrected chi connectivity index (χ1v) is 10.8. The molecule has 4 aromatic carbocycles. The molecular weight excluding hydrogens is 433 g/mol. The van der Waals surface area contributed by atoms with Gasteiger partial charge in [0.1, 0.15) is 5.82 Å². The third kappa shape index (κ3) is 3.50. The minimum absolute atomic E-state index is 0.128. The van der Waals surface area contributed by atoms with Crippen molar-refractivity contribution in [1.29, 1.82) is 0 Å². The zero-order valence-electron chi connectivity index (χ0n) is 16.1. The van der Waals surface area contributed by atoms with E-state index in [1.807, 2.05) is 48.5 Å². The Morgan fingerprint density at radius 2 is 1.55 bits per heavy atom. The van der Waals surface area contributed by atoms with Crippen LogP contribution >= 0.6 is 23.4 Å². The van der Waals surface area contributed by atoms with E-state index < -0.39 is 17.0 Å². The number of thioether (sulfide) groups is 1. The summed E-state index contributed by atoms with van der Waals surface area (Å²) in [6.07, 6.45) is 1.76. The summed E-state index contributed by atoms with van der Waals surface area (Å²) in [5, 5.41) is 3.81. The standard InChI is InChI=1S/C25H15ClFNO2S/c26-21-10-5-11-22(27)20(21)14-28-24(29)23(31-25(28)30)13-19-17-8-3-1-6-15(17)12-16-7-2-4-9-18(16)19/h1-13H,14H2. The number of carbonyl (C=O) groups is 2. The summed E-state index contributed by atoms with van der Waals surface area (Å²) < 4.78 is 14.2. The monoisotopic (exact) mass is 447 g/mol. The summed E-state index contributed by atoms with van der Waals surface area (Å²) in [5.74, 6) is -0.998. The number of fused-ring (bicyclic) bond motifs is 2. The van der Waals surface area contributed by atoms with Crippen molar-refractivity contribution in [3.8, 4) is 0 Å². The van der Waals surface area contributed by atoms with Gasteiger partial charge in [-0.05, 0) is 63.1 Å². The van der Waals surface area contributed by atoms with Gasteiger partial charge in [0.25, 0.3) is 11.1 Å². The number of halogens is 2. The second kappa shape index (κ2) is 7.84. The molecule has 152 valence electrons. The minimum atomic E-state index is -0.546. The SMILES string of the molecule is O=C1SC(=Cc2c3ccccc3cc3ccccc23)C(=O)N1Cc1c(F)cccc1Cl. The number of hydrogen-bond acceptors (Lipinski definition) is 3. The van der Waals surface area contributed by atoms with Crippen LogP contribution in [0.5, 0.6) is 0 Å². The molecule has 0 saturated carbocycles. The summed E-state index contributed by atoms with van der Waals surface area (Å²) in [6.45, 7) is -0.205. The lowest BCUT2D eigenvalue weighted by molar-refractivity contribution is -0.123. The molecule has 0 N–H and O–H groups in total. The van der Waals surface area contributed by atoms with Crippen LogP contribution in [-0.4, -0.2) is 16.0 Å². The number of hydrogen-bond donors (Lipinski definition) is 0. The summed E-state index contributed by atoms with van der Waals surface area (Å²) in [5.41, 5.74) is 1.01. The van der Waals surface area contributed by atoms with E-state index in [1.54, 1.807) is 6.08 Å². The summed E-state index contributed by atoms with van der Waals surface area (Å²) in [6, 6.07) is 22.2. The molecule has 2 amide bonds. The lowest BCUT2D eigenvalue weighted by atomic mass is 9.96. The molecule has 0 unspecified atom stereocenters. The first-order chi connectivity index (χ1) is 15.0. The van der Waals surface area contributed by atoms with Gasteiger partial charge in [-0.3, -0.25) is 14.5 Å². The highest BCUT2D eigenvalue weighted by atomic mass is 35.5. The van der Waals surface area contributed by atoms with Crippen LogP contribution in [0.4, 0.5) is 9.18 Å². The van der Waals surface area contributed by atoms with Crippen molar-refractivity contribution in [2.75, 3.05) is 0 Å². The van der Waals surface area contributed by atoms with Crippen molar-refractivity contribution < 1.29 is 14.0 Å². The molecule has 6 heteroatoms. The van der Waals surface area contributed by atoms with E-state index in [9.17, 15) is 14.0 Å². The lowest BCUT2D eigenvalue weighted by Crippen LogP contribution is -2.28. The molecule has 5 rings (SSSR count). The van der Waals surface area contributed by atoms with Crippen LogP contribution in [0.25, 0.3) is 27.6 Å². The van der Waals surface area contributed by atoms with Crippen molar-refractivity contribution in [2.45, 2.75) is 6.54 Å². The first kappa shape index (κ1) is 19.8. The number of amides is 2. The van der Waals surface area contributed by atoms with Crippen LogP contribution in [0.2, 0.25) is 5.02 Å². The molecule has 31 heavy (non-hydrogen) atoms. The van der Waals surface area contributed by atoms with Crippen molar-refractivity contribution in [3.63, 3.8) is 0 Å². The smallest absolute Gasteiger partial charge is 0.268 e. The number of benzene rings is 4. The van der Waals surface area contributed by atoms with E-state index in [0.29, 0.717) is 4.91 Å². The topological polar surface area (TPSA) is 37.4 Å². The molecule has 0 aliphatic carbocycles. The highest BCUT2D eigenvalue weighted by Crippen LogP contribution is 2.37. The molecule has 1 aliphatic rings. The molecule has 0 aromatic heterocycles. The molecule has 0 radical (unpaired) electrons. The molecule has 0 atom stereocenters. The van der Waals surface area contributed by atoms with Gasteiger partial charge in [-0.25, -0.2) is 4.39 Å². The number of imide groups is 1. The normalized spacial score (nSPS) is 15.5. The molecule has 1 fully saturated rings. The second-order valence-electron chi connectivity index (χ2n) is 7.20. The minimum Gasteiger partial charge on any atom is -0.268 e. The molecule has 4 aromatic rings. The van der Waals surface area contributed by atoms with Crippen LogP contribution in [0.1, 0.15) is 11.1 Å². The Morgan fingerprint density at radius 3 is 2.19 bits per heavy atom. The Kier molecular flexibility index (Phi) is 5.00. The Hall–Kier alpha value is -3.15. The Balaban J connectivity index is 1.60. The summed E-state index contributed by atoms with van der Waals surface area (Å²) >= 11 is 6.95. The van der Waals surface area contributed by atoms with Gasteiger partial charge in [-0.15, -0.1) is 0 Å². The fraction of sp³-hybridized carbons (Fsp3) is 0.0400. The summed E-state index contributed by atoms with van der Waals surface area (Å²) in [4.78, 5) is 27.0. The van der Waals surface area contributed by atoms with Gasteiger partial charge in [0, 0.05) is 10.6 Å². The van der Waals surface area contributed by atoms with Crippen LogP contribution in [-0.2, 0) is 11.3 Å². The fourth-order valence-electron chi connectivity index (χ4n) is 3.81. The van der Waals surface area contributed by atoms with Crippen molar-refractivity contribution >= 4 is 62.1 Å². The Labute approximate surface area is 187 Å². The highest BCUT2D eigenvalue weighted by Gasteiger charge is 2.36. The van der Waals surface area contributed by atoms with E-state index in [4.69, 9.17) is 11.6 Å². The van der Waals surface area contributed by atoms with Gasteiger partial charge in [0.15, 0.2) is 0 Å². The van der Waals surface area contributed by atoms with E-state index in [1.165, 1.54) is 18.2 Å². The average Bonchev–Trinajstić information content (AvgIpc) is 3.03. The maximum Gasteiger partial charge on any atom is 0.293 e. The van der Waals surface area contributed by atoms with Crippen LogP contribution < -0.4 is 0 Å². The molecule has 1 heterocycles. The third-order valence-electron chi connectivity index (χ3n) is 5.34. The van der Waals surface area contributed by atoms with Crippen molar-refractivity contribution in [1.82, 2.24) is 4.90 Å². The number of rotatable bonds is 3. The predicted octanol–water partition coefficient (Wildman–Crippen LogP) is 7.02. The Bertz CT molecular complexity index is 1340. The van der Waals surface area contributed by atoms with Gasteiger partial charge >= 0.3 is 0 Å². The molecule has 0 spiro atoms. The lowest BCUT2D eigenvalue weighted by Gasteiger charge is -2.14. The maximum atomic E-state index is 14.2. The van der Waals surface area contributed by atoms with E-state index in [0.717, 1.165) is 43.8 Å². The molecular formula is C25H15ClFNO2S. The molecule has 1 aliphatic heterocycles. The van der Waals surface area contributed by atoms with E-state index in [2.05, 4.69) is 6.07 Å². The molecule has 3 nitrogen and oxygen atoms in total. The number of nitrogens with zero attached hydrogens (tertiary/aromatic N) is 1. The maximum absolute atomic E-state index is 14.2. The molecule has 1 saturated heterocycles. The fourth-order valence-corrected chi connectivity index (χ4v) is 4.86. The van der Waals surface area contributed by atoms with Gasteiger partial charge < -0.3 is 0 Å². The number of carbonyl (C=O) groups excluding carboxylic acids is 2. The van der Waals surface area contributed by atoms with E-state index in [-0.39, 0.29) is 17.1 Å². The summed E-state index contributed by atoms with van der Waals surface area (Å²) in [7, 11) is 0. The second-order valence-corrected chi connectivity index (χ2v) is 8.60. The van der Waals surface area contributed by atoms with E-state index >= 15 is 0 Å². The average molecular weight is 448 g/mol. The van der Waals surface area contributed by atoms with Gasteiger partial charge in [0.05, 0.1) is 11.4 Å². The highest BCUT2D eigenvalue weighted by molar-refractivity contribution is 8.18. The van der Waals surface area contributed by atoms with Gasteiger partial charge in [0.2, 0.25) is 0 Å². The van der Waals surface area contributed by atoms with Crippen LogP contribution in [0.15, 0.2) is 77.7 Å². The molecule has 0 bridgehead atoms. The predicted molar refractivity (Wildman–Crippen MR) is 124 cm³/mol. The third-order valence-corrected chi connectivity index (χ3v) is 6.60. The van der Waals surface area contributed by atoms with Crippen molar-refractivity contribution in [3.05, 3.63) is 99.7 Å². The largest absolute Gasteiger partial charge is 0.293 e. The zero-order valence-corrected chi connectivity index (χ0v) is 17.7. The van der Waals surface area contributed by atoms with Crippen molar-refractivity contribution in [2.24, 2.45) is 0 Å². The quantitative estimate of drug-likeness (QED) is 0.250. The zero-order chi connectivity index (χ0) is 21.5. The first-order valence-electron chi connectivity index (χ1n) is 9.61. The van der Waals surface area contributed by atoms with Gasteiger partial charge in [-0.2, -0.15) is 0 Å². The van der Waals surface area contributed by atoms with Crippen LogP contribution in [0, 0.1) is 5.82 Å². The van der Waals surface area contributed by atoms with Crippen LogP contribution in [0.3, 0.4) is 0 Å².